The molecule has 1 fully saturated rings. The molecule has 1 nitrogen and oxygen atoms in total. The molecule has 0 spiro atoms. The van der Waals surface area contributed by atoms with E-state index in [9.17, 15) is 4.79 Å². The number of carbonyl (C=O) groups is 1. The minimum absolute atomic E-state index is 0.443. The summed E-state index contributed by atoms with van der Waals surface area (Å²) < 4.78 is 0. The molecule has 2 aliphatic carbocycles. The average molecular weight is 178 g/mol. The van der Waals surface area contributed by atoms with E-state index in [-0.39, 0.29) is 0 Å². The molecule has 1 saturated carbocycles. The summed E-state index contributed by atoms with van der Waals surface area (Å²) in [6.07, 6.45) is 11.8. The first-order chi connectivity index (χ1) is 6.38. The summed E-state index contributed by atoms with van der Waals surface area (Å²) in [7, 11) is 0. The number of Topliss-reactive ketones (excluding diaryl/α,β-unsaturated/α-hetero) is 1. The van der Waals surface area contributed by atoms with Crippen LogP contribution in [-0.4, -0.2) is 5.78 Å². The van der Waals surface area contributed by atoms with Crippen LogP contribution in [0.1, 0.15) is 51.4 Å². The van der Waals surface area contributed by atoms with Crippen LogP contribution >= 0.6 is 0 Å². The number of ketones is 1. The van der Waals surface area contributed by atoms with Crippen LogP contribution in [0, 0.1) is 5.92 Å². The first-order valence-corrected chi connectivity index (χ1v) is 5.61. The zero-order chi connectivity index (χ0) is 9.10. The molecule has 0 bridgehead atoms. The molecule has 1 heteroatoms. The van der Waals surface area contributed by atoms with E-state index in [0.29, 0.717) is 11.7 Å². The molecule has 0 amide bonds. The summed E-state index contributed by atoms with van der Waals surface area (Å²) in [5, 5.41) is 0. The van der Waals surface area contributed by atoms with E-state index in [4.69, 9.17) is 0 Å². The van der Waals surface area contributed by atoms with Crippen LogP contribution in [0.15, 0.2) is 11.6 Å². The Labute approximate surface area is 80.2 Å². The van der Waals surface area contributed by atoms with Crippen molar-refractivity contribution in [3.63, 3.8) is 0 Å². The highest BCUT2D eigenvalue weighted by Crippen LogP contribution is 2.32. The lowest BCUT2D eigenvalue weighted by molar-refractivity contribution is -0.116. The van der Waals surface area contributed by atoms with Crippen molar-refractivity contribution in [2.45, 2.75) is 51.4 Å². The number of hydrogen-bond donors (Lipinski definition) is 0. The fraction of sp³-hybridized carbons (Fsp3) is 0.750. The molecule has 0 N–H and O–H groups in total. The lowest BCUT2D eigenvalue weighted by Gasteiger charge is -2.25. The van der Waals surface area contributed by atoms with Crippen LogP contribution in [0.3, 0.4) is 0 Å². The second-order valence-electron chi connectivity index (χ2n) is 4.31. The summed E-state index contributed by atoms with van der Waals surface area (Å²) in [6, 6.07) is 0. The monoisotopic (exact) mass is 178 g/mol. The van der Waals surface area contributed by atoms with E-state index in [1.54, 1.807) is 0 Å². The first kappa shape index (κ1) is 8.98. The van der Waals surface area contributed by atoms with Crippen molar-refractivity contribution < 1.29 is 4.79 Å². The van der Waals surface area contributed by atoms with Crippen molar-refractivity contribution in [1.82, 2.24) is 0 Å². The van der Waals surface area contributed by atoms with Crippen molar-refractivity contribution in [3.05, 3.63) is 11.6 Å². The lowest BCUT2D eigenvalue weighted by Crippen LogP contribution is -2.18. The third-order valence-corrected chi connectivity index (χ3v) is 3.34. The third kappa shape index (κ3) is 2.01. The van der Waals surface area contributed by atoms with Crippen molar-refractivity contribution in [3.8, 4) is 0 Å². The Kier molecular flexibility index (Phi) is 2.82. The van der Waals surface area contributed by atoms with Crippen molar-refractivity contribution in [2.75, 3.05) is 0 Å². The molecule has 0 radical (unpaired) electrons. The highest BCUT2D eigenvalue weighted by atomic mass is 16.1. The van der Waals surface area contributed by atoms with Gasteiger partial charge in [-0.25, -0.2) is 0 Å². The fourth-order valence-corrected chi connectivity index (χ4v) is 2.59. The molecule has 0 aliphatic heterocycles. The second kappa shape index (κ2) is 4.08. The molecule has 0 heterocycles. The molecule has 0 aromatic carbocycles. The quantitative estimate of drug-likeness (QED) is 0.602. The lowest BCUT2D eigenvalue weighted by atomic mass is 9.79. The van der Waals surface area contributed by atoms with Gasteiger partial charge in [-0.1, -0.05) is 25.3 Å². The normalized spacial score (nSPS) is 25.8. The summed E-state index contributed by atoms with van der Waals surface area (Å²) in [4.78, 5) is 11.6. The largest absolute Gasteiger partial charge is 0.295 e. The number of allylic oxidation sites excluding steroid dienone is 2. The van der Waals surface area contributed by atoms with Gasteiger partial charge in [0, 0.05) is 6.42 Å². The fourth-order valence-electron chi connectivity index (χ4n) is 2.59. The van der Waals surface area contributed by atoms with E-state index in [0.717, 1.165) is 19.3 Å². The maximum absolute atomic E-state index is 11.6. The van der Waals surface area contributed by atoms with E-state index < -0.39 is 0 Å². The Bertz CT molecular complexity index is 221. The van der Waals surface area contributed by atoms with Crippen LogP contribution in [0.4, 0.5) is 0 Å². The minimum atomic E-state index is 0.443. The van der Waals surface area contributed by atoms with E-state index in [1.807, 2.05) is 0 Å². The second-order valence-corrected chi connectivity index (χ2v) is 4.31. The minimum Gasteiger partial charge on any atom is -0.295 e. The molecular weight excluding hydrogens is 160 g/mol. The molecule has 13 heavy (non-hydrogen) atoms. The summed E-state index contributed by atoms with van der Waals surface area (Å²) in [6.45, 7) is 0. The molecule has 2 aliphatic rings. The van der Waals surface area contributed by atoms with Gasteiger partial charge in [0.05, 0.1) is 0 Å². The SMILES string of the molecule is O=C1CCCC=C1C1CCCCC1. The van der Waals surface area contributed by atoms with Crippen LogP contribution in [0.5, 0.6) is 0 Å². The van der Waals surface area contributed by atoms with E-state index in [2.05, 4.69) is 6.08 Å². The van der Waals surface area contributed by atoms with Crippen molar-refractivity contribution in [2.24, 2.45) is 5.92 Å². The Balaban J connectivity index is 2.04. The van der Waals surface area contributed by atoms with Crippen molar-refractivity contribution in [1.29, 1.82) is 0 Å². The van der Waals surface area contributed by atoms with Crippen LogP contribution < -0.4 is 0 Å². The molecule has 0 aromatic rings. The van der Waals surface area contributed by atoms with Gasteiger partial charge in [0.25, 0.3) is 0 Å². The molecular formula is C12H18O. The zero-order valence-corrected chi connectivity index (χ0v) is 8.22. The van der Waals surface area contributed by atoms with Gasteiger partial charge in [0.15, 0.2) is 5.78 Å². The van der Waals surface area contributed by atoms with E-state index >= 15 is 0 Å². The molecule has 0 unspecified atom stereocenters. The average Bonchev–Trinajstić information content (AvgIpc) is 2.20. The highest BCUT2D eigenvalue weighted by molar-refractivity contribution is 5.96. The predicted molar refractivity (Wildman–Crippen MR) is 53.5 cm³/mol. The van der Waals surface area contributed by atoms with Crippen LogP contribution in [0.25, 0.3) is 0 Å². The molecule has 0 saturated heterocycles. The maximum Gasteiger partial charge on any atom is 0.158 e. The Morgan fingerprint density at radius 1 is 1.08 bits per heavy atom. The van der Waals surface area contributed by atoms with Gasteiger partial charge in [0.1, 0.15) is 0 Å². The van der Waals surface area contributed by atoms with Gasteiger partial charge in [-0.2, -0.15) is 0 Å². The van der Waals surface area contributed by atoms with Gasteiger partial charge in [0.2, 0.25) is 0 Å². The number of carbonyl (C=O) groups excluding carboxylic acids is 1. The number of rotatable bonds is 1. The topological polar surface area (TPSA) is 17.1 Å². The smallest absolute Gasteiger partial charge is 0.158 e. The molecule has 0 aromatic heterocycles. The highest BCUT2D eigenvalue weighted by Gasteiger charge is 2.23. The Morgan fingerprint density at radius 3 is 2.54 bits per heavy atom. The Morgan fingerprint density at radius 2 is 1.85 bits per heavy atom. The molecule has 72 valence electrons. The summed E-state index contributed by atoms with van der Waals surface area (Å²) in [5.41, 5.74) is 1.19. The van der Waals surface area contributed by atoms with E-state index in [1.165, 1.54) is 37.7 Å². The number of hydrogen-bond acceptors (Lipinski definition) is 1. The van der Waals surface area contributed by atoms with Gasteiger partial charge in [-0.05, 0) is 37.2 Å². The van der Waals surface area contributed by atoms with Gasteiger partial charge >= 0.3 is 0 Å². The van der Waals surface area contributed by atoms with Gasteiger partial charge in [-0.15, -0.1) is 0 Å². The van der Waals surface area contributed by atoms with Gasteiger partial charge < -0.3 is 0 Å². The molecule has 0 atom stereocenters. The maximum atomic E-state index is 11.6. The summed E-state index contributed by atoms with van der Waals surface area (Å²) in [5.74, 6) is 1.07. The van der Waals surface area contributed by atoms with Crippen LogP contribution in [0.2, 0.25) is 0 Å². The van der Waals surface area contributed by atoms with Crippen molar-refractivity contribution >= 4 is 5.78 Å². The third-order valence-electron chi connectivity index (χ3n) is 3.34. The van der Waals surface area contributed by atoms with Crippen LogP contribution in [-0.2, 0) is 4.79 Å². The Hall–Kier alpha value is -0.590. The van der Waals surface area contributed by atoms with Gasteiger partial charge in [-0.3, -0.25) is 4.79 Å². The molecule has 2 rings (SSSR count). The zero-order valence-electron chi connectivity index (χ0n) is 8.22. The standard InChI is InChI=1S/C12H18O/c13-12-9-5-4-8-11(12)10-6-2-1-3-7-10/h8,10H,1-7,9H2. The summed E-state index contributed by atoms with van der Waals surface area (Å²) >= 11 is 0. The predicted octanol–water partition coefficient (Wildman–Crippen LogP) is 3.25. The first-order valence-electron chi connectivity index (χ1n) is 5.61.